The second-order valence-corrected chi connectivity index (χ2v) is 5.94. The lowest BCUT2D eigenvalue weighted by molar-refractivity contribution is 0.102. The third-order valence-electron chi connectivity index (χ3n) is 4.07. The van der Waals surface area contributed by atoms with E-state index >= 15 is 0 Å². The van der Waals surface area contributed by atoms with Crippen LogP contribution in [0.2, 0.25) is 0 Å². The number of nitrogens with zero attached hydrogens (tertiary/aromatic N) is 3. The Kier molecular flexibility index (Phi) is 6.16. The maximum Gasteiger partial charge on any atom is 0.276 e. The minimum Gasteiger partial charge on any atom is -0.497 e. The molecule has 140 valence electrons. The van der Waals surface area contributed by atoms with Crippen LogP contribution in [0.3, 0.4) is 0 Å². The highest BCUT2D eigenvalue weighted by atomic mass is 16.5. The molecule has 0 unspecified atom stereocenters. The summed E-state index contributed by atoms with van der Waals surface area (Å²) in [6, 6.07) is 20.0. The molecule has 2 N–H and O–H groups in total. The monoisotopic (exact) mass is 373 g/mol. The van der Waals surface area contributed by atoms with Crippen molar-refractivity contribution in [1.82, 2.24) is 10.2 Å². The molecule has 7 nitrogen and oxygen atoms in total. The van der Waals surface area contributed by atoms with E-state index in [0.29, 0.717) is 23.6 Å². The van der Waals surface area contributed by atoms with E-state index in [-0.39, 0.29) is 5.69 Å². The van der Waals surface area contributed by atoms with Crippen LogP contribution in [-0.4, -0.2) is 29.8 Å². The Labute approximate surface area is 163 Å². The average Bonchev–Trinajstić information content (AvgIpc) is 2.75. The van der Waals surface area contributed by atoms with Crippen LogP contribution in [0.1, 0.15) is 21.6 Å². The molecule has 0 spiro atoms. The summed E-state index contributed by atoms with van der Waals surface area (Å²) in [5, 5.41) is 22.9. The van der Waals surface area contributed by atoms with Gasteiger partial charge in [-0.3, -0.25) is 4.79 Å². The van der Waals surface area contributed by atoms with Gasteiger partial charge < -0.3 is 15.4 Å². The summed E-state index contributed by atoms with van der Waals surface area (Å²) < 4.78 is 5.14. The smallest absolute Gasteiger partial charge is 0.276 e. The van der Waals surface area contributed by atoms with Crippen molar-refractivity contribution in [2.75, 3.05) is 24.3 Å². The van der Waals surface area contributed by atoms with E-state index in [1.165, 1.54) is 5.56 Å². The van der Waals surface area contributed by atoms with Gasteiger partial charge in [0.05, 0.1) is 18.4 Å². The lowest BCUT2D eigenvalue weighted by atomic mass is 10.1. The lowest BCUT2D eigenvalue weighted by Crippen LogP contribution is -2.16. The summed E-state index contributed by atoms with van der Waals surface area (Å²) in [5.74, 6) is 0.997. The molecule has 3 rings (SSSR count). The highest BCUT2D eigenvalue weighted by molar-refractivity contribution is 6.03. The average molecular weight is 373 g/mol. The van der Waals surface area contributed by atoms with Crippen LogP contribution < -0.4 is 15.4 Å². The SMILES string of the molecule is COc1ccc(CCNc2ccc(C(=O)Nc3ccccc3C#N)nn2)cc1. The molecule has 0 saturated heterocycles. The van der Waals surface area contributed by atoms with Crippen LogP contribution in [0.4, 0.5) is 11.5 Å². The predicted molar refractivity (Wildman–Crippen MR) is 106 cm³/mol. The molecule has 0 saturated carbocycles. The number of methoxy groups -OCH3 is 1. The number of ether oxygens (including phenoxy) is 1. The van der Waals surface area contributed by atoms with Gasteiger partial charge >= 0.3 is 0 Å². The van der Waals surface area contributed by atoms with E-state index in [0.717, 1.165) is 12.2 Å². The maximum atomic E-state index is 12.3. The minimum absolute atomic E-state index is 0.174. The predicted octanol–water partition coefficient (Wildman–Crippen LogP) is 3.26. The summed E-state index contributed by atoms with van der Waals surface area (Å²) in [6.45, 7) is 0.683. The number of benzene rings is 2. The van der Waals surface area contributed by atoms with Gasteiger partial charge in [-0.05, 0) is 48.4 Å². The van der Waals surface area contributed by atoms with E-state index < -0.39 is 5.91 Å². The molecule has 0 aliphatic rings. The molecule has 7 heteroatoms. The first kappa shape index (κ1) is 18.9. The number of hydrogen-bond donors (Lipinski definition) is 2. The third-order valence-corrected chi connectivity index (χ3v) is 4.07. The van der Waals surface area contributed by atoms with Crippen LogP contribution in [0.5, 0.6) is 5.75 Å². The van der Waals surface area contributed by atoms with Crippen molar-refractivity contribution in [3.05, 3.63) is 77.5 Å². The van der Waals surface area contributed by atoms with Crippen molar-refractivity contribution in [3.63, 3.8) is 0 Å². The fourth-order valence-electron chi connectivity index (χ4n) is 2.55. The first-order chi connectivity index (χ1) is 13.7. The largest absolute Gasteiger partial charge is 0.497 e. The van der Waals surface area contributed by atoms with Crippen LogP contribution >= 0.6 is 0 Å². The Bertz CT molecular complexity index is 979. The number of anilines is 2. The van der Waals surface area contributed by atoms with Crippen LogP contribution in [0.15, 0.2) is 60.7 Å². The van der Waals surface area contributed by atoms with Gasteiger partial charge in [-0.1, -0.05) is 24.3 Å². The van der Waals surface area contributed by atoms with Crippen molar-refractivity contribution >= 4 is 17.4 Å². The summed E-state index contributed by atoms with van der Waals surface area (Å²) in [4.78, 5) is 12.3. The molecule has 2 aromatic carbocycles. The molecule has 28 heavy (non-hydrogen) atoms. The van der Waals surface area contributed by atoms with E-state index in [2.05, 4.69) is 20.8 Å². The molecular formula is C21H19N5O2. The lowest BCUT2D eigenvalue weighted by Gasteiger charge is -2.08. The third kappa shape index (κ3) is 4.83. The van der Waals surface area contributed by atoms with Crippen LogP contribution in [0, 0.1) is 11.3 Å². The summed E-state index contributed by atoms with van der Waals surface area (Å²) in [5.41, 5.74) is 2.18. The van der Waals surface area contributed by atoms with Gasteiger partial charge in [0, 0.05) is 6.54 Å². The quantitative estimate of drug-likeness (QED) is 0.659. The molecule has 0 fully saturated rings. The molecule has 0 atom stereocenters. The van der Waals surface area contributed by atoms with Gasteiger partial charge in [0.1, 0.15) is 17.6 Å². The highest BCUT2D eigenvalue weighted by Gasteiger charge is 2.11. The fourth-order valence-corrected chi connectivity index (χ4v) is 2.55. The van der Waals surface area contributed by atoms with Gasteiger partial charge in [-0.15, -0.1) is 10.2 Å². The number of nitriles is 1. The number of aromatic nitrogens is 2. The Balaban J connectivity index is 1.54. The molecule has 1 amide bonds. The van der Waals surface area contributed by atoms with E-state index in [1.807, 2.05) is 30.3 Å². The second kappa shape index (κ2) is 9.14. The van der Waals surface area contributed by atoms with E-state index in [1.54, 1.807) is 43.5 Å². The van der Waals surface area contributed by atoms with Gasteiger partial charge in [-0.25, -0.2) is 0 Å². The Morgan fingerprint density at radius 2 is 1.86 bits per heavy atom. The van der Waals surface area contributed by atoms with Crippen molar-refractivity contribution < 1.29 is 9.53 Å². The molecule has 1 aromatic heterocycles. The van der Waals surface area contributed by atoms with Gasteiger partial charge in [-0.2, -0.15) is 5.26 Å². The van der Waals surface area contributed by atoms with Gasteiger partial charge in [0.2, 0.25) is 0 Å². The van der Waals surface area contributed by atoms with E-state index in [4.69, 9.17) is 10.00 Å². The number of nitrogens with one attached hydrogen (secondary N) is 2. The van der Waals surface area contributed by atoms with Crippen molar-refractivity contribution in [1.29, 1.82) is 5.26 Å². The number of amides is 1. The Hall–Kier alpha value is -3.92. The molecule has 3 aromatic rings. The van der Waals surface area contributed by atoms with Crippen LogP contribution in [-0.2, 0) is 6.42 Å². The minimum atomic E-state index is -0.417. The van der Waals surface area contributed by atoms with Crippen molar-refractivity contribution in [2.45, 2.75) is 6.42 Å². The Morgan fingerprint density at radius 1 is 1.07 bits per heavy atom. The summed E-state index contributed by atoms with van der Waals surface area (Å²) >= 11 is 0. The maximum absolute atomic E-state index is 12.3. The molecule has 0 aliphatic heterocycles. The van der Waals surface area contributed by atoms with Crippen molar-refractivity contribution in [2.24, 2.45) is 0 Å². The van der Waals surface area contributed by atoms with E-state index in [9.17, 15) is 4.79 Å². The molecular weight excluding hydrogens is 354 g/mol. The topological polar surface area (TPSA) is 99.9 Å². The van der Waals surface area contributed by atoms with Crippen LogP contribution in [0.25, 0.3) is 0 Å². The number of carbonyl (C=O) groups excluding carboxylic acids is 1. The standard InChI is InChI=1S/C21H19N5O2/c1-28-17-8-6-15(7-9-17)12-13-23-20-11-10-19(25-26-20)21(27)24-18-5-3-2-4-16(18)14-22/h2-11H,12-13H2,1H3,(H,23,26)(H,24,27). The normalized spacial score (nSPS) is 10.0. The summed E-state index contributed by atoms with van der Waals surface area (Å²) in [7, 11) is 1.64. The number of para-hydroxylation sites is 1. The number of hydrogen-bond acceptors (Lipinski definition) is 6. The number of rotatable bonds is 7. The zero-order valence-electron chi connectivity index (χ0n) is 15.3. The van der Waals surface area contributed by atoms with Crippen molar-refractivity contribution in [3.8, 4) is 11.8 Å². The first-order valence-electron chi connectivity index (χ1n) is 8.70. The molecule has 0 radical (unpaired) electrons. The highest BCUT2D eigenvalue weighted by Crippen LogP contribution is 2.15. The first-order valence-corrected chi connectivity index (χ1v) is 8.70. The molecule has 0 bridgehead atoms. The Morgan fingerprint density at radius 3 is 2.54 bits per heavy atom. The van der Waals surface area contributed by atoms with Gasteiger partial charge in [0.15, 0.2) is 5.69 Å². The zero-order valence-corrected chi connectivity index (χ0v) is 15.3. The number of carbonyl (C=O) groups is 1. The molecule has 1 heterocycles. The zero-order chi connectivity index (χ0) is 19.8. The molecule has 0 aliphatic carbocycles. The summed E-state index contributed by atoms with van der Waals surface area (Å²) in [6.07, 6.45) is 0.818. The second-order valence-electron chi connectivity index (χ2n) is 5.94. The fraction of sp³-hybridized carbons (Fsp3) is 0.143. The van der Waals surface area contributed by atoms with Gasteiger partial charge in [0.25, 0.3) is 5.91 Å².